The molecule has 0 saturated heterocycles. The molecule has 0 atom stereocenters. The van der Waals surface area contributed by atoms with Gasteiger partial charge in [0.15, 0.2) is 17.0 Å². The number of rotatable bonds is 8. The van der Waals surface area contributed by atoms with Gasteiger partial charge in [-0.1, -0.05) is 37.6 Å². The summed E-state index contributed by atoms with van der Waals surface area (Å²) in [6.07, 6.45) is 2.18. The van der Waals surface area contributed by atoms with E-state index in [0.29, 0.717) is 17.7 Å². The van der Waals surface area contributed by atoms with Gasteiger partial charge in [-0.15, -0.1) is 0 Å². The topological polar surface area (TPSA) is 77.1 Å². The fraction of sp³-hybridized carbons (Fsp3) is 0.500. The highest BCUT2D eigenvalue weighted by atomic mass is 16.2. The minimum absolute atomic E-state index is 0.375. The van der Waals surface area contributed by atoms with Crippen LogP contribution in [0.1, 0.15) is 49.2 Å². The van der Waals surface area contributed by atoms with E-state index in [1.54, 1.807) is 7.05 Å². The average molecular weight is 399 g/mol. The number of benzene rings is 1. The number of aromatic nitrogens is 4. The van der Waals surface area contributed by atoms with Crippen LogP contribution in [0.15, 0.2) is 27.8 Å². The SMILES string of the molecule is CCC[NH+](CCC)Cc1nc2c(c(=O)[nH]c(=O)n2C)n1Cc1cc(C)ccc1C. The Balaban J connectivity index is 2.18. The molecule has 0 fully saturated rings. The van der Waals surface area contributed by atoms with E-state index >= 15 is 0 Å². The number of hydrogen-bond acceptors (Lipinski definition) is 3. The second-order valence-electron chi connectivity index (χ2n) is 7.96. The molecule has 29 heavy (non-hydrogen) atoms. The van der Waals surface area contributed by atoms with Crippen LogP contribution in [-0.2, 0) is 20.1 Å². The zero-order valence-corrected chi connectivity index (χ0v) is 18.1. The number of aromatic amines is 1. The average Bonchev–Trinajstić information content (AvgIpc) is 3.02. The standard InChI is InChI=1S/C22H31N5O2/c1-6-10-26(11-7-2)14-18-23-20-19(21(28)24-22(29)25(20)5)27(18)13-17-12-15(3)8-9-16(17)4/h8-9,12H,6-7,10-11,13-14H2,1-5H3,(H,24,28,29)/p+1. The van der Waals surface area contributed by atoms with Gasteiger partial charge < -0.3 is 9.47 Å². The third-order valence-corrected chi connectivity index (χ3v) is 5.53. The Bertz CT molecular complexity index is 1120. The molecular formula is C22H32N5O2+. The molecule has 1 aromatic carbocycles. The molecule has 0 aliphatic heterocycles. The molecule has 0 aliphatic rings. The summed E-state index contributed by atoms with van der Waals surface area (Å²) < 4.78 is 3.43. The highest BCUT2D eigenvalue weighted by Gasteiger charge is 2.21. The maximum Gasteiger partial charge on any atom is 0.329 e. The first-order chi connectivity index (χ1) is 13.8. The van der Waals surface area contributed by atoms with E-state index in [-0.39, 0.29) is 5.56 Å². The molecule has 3 rings (SSSR count). The predicted molar refractivity (Wildman–Crippen MR) is 116 cm³/mol. The second kappa shape index (κ2) is 8.78. The number of nitrogens with zero attached hydrogens (tertiary/aromatic N) is 3. The van der Waals surface area contributed by atoms with Crippen LogP contribution in [0.2, 0.25) is 0 Å². The molecule has 7 heteroatoms. The maximum atomic E-state index is 12.7. The van der Waals surface area contributed by atoms with Crippen molar-refractivity contribution in [3.63, 3.8) is 0 Å². The Morgan fingerprint density at radius 2 is 1.79 bits per heavy atom. The van der Waals surface area contributed by atoms with Crippen molar-refractivity contribution < 1.29 is 4.90 Å². The van der Waals surface area contributed by atoms with Crippen LogP contribution in [0.4, 0.5) is 0 Å². The Morgan fingerprint density at radius 1 is 1.10 bits per heavy atom. The molecule has 0 bridgehead atoms. The van der Waals surface area contributed by atoms with Gasteiger partial charge in [0.25, 0.3) is 5.56 Å². The van der Waals surface area contributed by atoms with Gasteiger partial charge in [0.2, 0.25) is 0 Å². The van der Waals surface area contributed by atoms with Crippen LogP contribution in [0.3, 0.4) is 0 Å². The summed E-state index contributed by atoms with van der Waals surface area (Å²) in [4.78, 5) is 33.5. The van der Waals surface area contributed by atoms with Crippen LogP contribution in [0.5, 0.6) is 0 Å². The number of fused-ring (bicyclic) bond motifs is 1. The summed E-state index contributed by atoms with van der Waals surface area (Å²) in [6, 6.07) is 6.36. The van der Waals surface area contributed by atoms with Crippen LogP contribution >= 0.6 is 0 Å². The number of imidazole rings is 1. The first-order valence-corrected chi connectivity index (χ1v) is 10.4. The van der Waals surface area contributed by atoms with Crippen molar-refractivity contribution in [2.75, 3.05) is 13.1 Å². The van der Waals surface area contributed by atoms with E-state index in [4.69, 9.17) is 4.98 Å². The van der Waals surface area contributed by atoms with Crippen molar-refractivity contribution in [1.29, 1.82) is 0 Å². The van der Waals surface area contributed by atoms with Crippen LogP contribution in [0, 0.1) is 13.8 Å². The van der Waals surface area contributed by atoms with Crippen molar-refractivity contribution in [2.24, 2.45) is 7.05 Å². The van der Waals surface area contributed by atoms with E-state index < -0.39 is 5.69 Å². The lowest BCUT2D eigenvalue weighted by atomic mass is 10.1. The Morgan fingerprint density at radius 3 is 2.45 bits per heavy atom. The third kappa shape index (κ3) is 4.34. The Kier molecular flexibility index (Phi) is 6.37. The maximum absolute atomic E-state index is 12.7. The molecule has 0 aliphatic carbocycles. The van der Waals surface area contributed by atoms with Crippen molar-refractivity contribution >= 4 is 11.2 Å². The lowest BCUT2D eigenvalue weighted by Gasteiger charge is -2.19. The number of hydrogen-bond donors (Lipinski definition) is 2. The molecule has 3 aromatic rings. The summed E-state index contributed by atoms with van der Waals surface area (Å²) in [5.41, 5.74) is 3.63. The summed E-state index contributed by atoms with van der Waals surface area (Å²) >= 11 is 0. The van der Waals surface area contributed by atoms with Gasteiger partial charge in [-0.2, -0.15) is 0 Å². The van der Waals surface area contributed by atoms with Crippen molar-refractivity contribution in [3.05, 3.63) is 61.6 Å². The van der Waals surface area contributed by atoms with Gasteiger partial charge in [-0.05, 0) is 37.8 Å². The monoisotopic (exact) mass is 398 g/mol. The minimum Gasteiger partial charge on any atom is -0.329 e. The van der Waals surface area contributed by atoms with Crippen LogP contribution < -0.4 is 16.1 Å². The normalized spacial score (nSPS) is 11.7. The molecular weight excluding hydrogens is 366 g/mol. The molecule has 0 unspecified atom stereocenters. The lowest BCUT2D eigenvalue weighted by molar-refractivity contribution is -0.914. The summed E-state index contributed by atoms with van der Waals surface area (Å²) in [5.74, 6) is 0.851. The summed E-state index contributed by atoms with van der Waals surface area (Å²) in [6.45, 7) is 11.9. The van der Waals surface area contributed by atoms with Gasteiger partial charge in [-0.3, -0.25) is 14.3 Å². The first-order valence-electron chi connectivity index (χ1n) is 10.4. The van der Waals surface area contributed by atoms with Gasteiger partial charge >= 0.3 is 5.69 Å². The largest absolute Gasteiger partial charge is 0.329 e. The molecule has 0 saturated carbocycles. The van der Waals surface area contributed by atoms with E-state index in [1.165, 1.54) is 20.6 Å². The highest BCUT2D eigenvalue weighted by molar-refractivity contribution is 5.71. The van der Waals surface area contributed by atoms with Crippen LogP contribution in [0.25, 0.3) is 11.2 Å². The van der Waals surface area contributed by atoms with Crippen molar-refractivity contribution in [2.45, 2.75) is 53.6 Å². The number of H-pyrrole nitrogens is 1. The smallest absolute Gasteiger partial charge is 0.329 e. The number of quaternary nitrogens is 1. The molecule has 0 radical (unpaired) electrons. The molecule has 0 spiro atoms. The molecule has 2 heterocycles. The van der Waals surface area contributed by atoms with Gasteiger partial charge in [-0.25, -0.2) is 9.78 Å². The van der Waals surface area contributed by atoms with E-state index in [1.807, 2.05) is 4.57 Å². The van der Waals surface area contributed by atoms with E-state index in [0.717, 1.165) is 43.9 Å². The molecule has 0 amide bonds. The number of aryl methyl sites for hydroxylation is 3. The zero-order valence-electron chi connectivity index (χ0n) is 18.1. The van der Waals surface area contributed by atoms with Crippen LogP contribution in [-0.4, -0.2) is 32.2 Å². The first kappa shape index (κ1) is 21.0. The minimum atomic E-state index is -0.434. The lowest BCUT2D eigenvalue weighted by Crippen LogP contribution is -3.10. The summed E-state index contributed by atoms with van der Waals surface area (Å²) in [5, 5.41) is 0. The predicted octanol–water partition coefficient (Wildman–Crippen LogP) is 1.29. The van der Waals surface area contributed by atoms with Gasteiger partial charge in [0.1, 0.15) is 6.54 Å². The van der Waals surface area contributed by atoms with E-state index in [9.17, 15) is 9.59 Å². The number of nitrogens with one attached hydrogen (secondary N) is 2. The zero-order chi connectivity index (χ0) is 21.1. The summed E-state index contributed by atoms with van der Waals surface area (Å²) in [7, 11) is 1.66. The van der Waals surface area contributed by atoms with Gasteiger partial charge in [0, 0.05) is 7.05 Å². The van der Waals surface area contributed by atoms with Gasteiger partial charge in [0.05, 0.1) is 19.6 Å². The molecule has 2 N–H and O–H groups in total. The molecule has 2 aromatic heterocycles. The second-order valence-corrected chi connectivity index (χ2v) is 7.96. The van der Waals surface area contributed by atoms with E-state index in [2.05, 4.69) is 50.9 Å². The van der Waals surface area contributed by atoms with Crippen molar-refractivity contribution in [3.8, 4) is 0 Å². The molecule has 156 valence electrons. The van der Waals surface area contributed by atoms with Crippen molar-refractivity contribution in [1.82, 2.24) is 19.1 Å². The fourth-order valence-electron chi connectivity index (χ4n) is 3.96. The third-order valence-electron chi connectivity index (χ3n) is 5.53. The Labute approximate surface area is 171 Å². The quantitative estimate of drug-likeness (QED) is 0.600. The highest BCUT2D eigenvalue weighted by Crippen LogP contribution is 2.17. The molecule has 7 nitrogen and oxygen atoms in total. The fourth-order valence-corrected chi connectivity index (χ4v) is 3.96. The Hall–Kier alpha value is -2.67.